The summed E-state index contributed by atoms with van der Waals surface area (Å²) < 4.78 is 15.1. The molecule has 17 heavy (non-hydrogen) atoms. The van der Waals surface area contributed by atoms with Crippen molar-refractivity contribution in [2.24, 2.45) is 7.05 Å². The standard InChI is InChI=1S/C13H18FN3/c1-4-7-15-9(2)13-16-11-8-10(14)5-6-12(11)17(13)3/h5-6,8-9,15H,4,7H2,1-3H3. The molecule has 1 N–H and O–H groups in total. The van der Waals surface area contributed by atoms with Gasteiger partial charge in [0.15, 0.2) is 0 Å². The van der Waals surface area contributed by atoms with E-state index in [0.29, 0.717) is 5.52 Å². The van der Waals surface area contributed by atoms with Crippen LogP contribution in [-0.4, -0.2) is 16.1 Å². The molecule has 1 atom stereocenters. The third-order valence-corrected chi connectivity index (χ3v) is 2.97. The number of aryl methyl sites for hydroxylation is 1. The van der Waals surface area contributed by atoms with E-state index >= 15 is 0 Å². The number of fused-ring (bicyclic) bond motifs is 1. The first-order valence-corrected chi connectivity index (χ1v) is 5.98. The molecular formula is C13H18FN3. The number of imidazole rings is 1. The van der Waals surface area contributed by atoms with Crippen molar-refractivity contribution >= 4 is 11.0 Å². The molecule has 0 saturated heterocycles. The van der Waals surface area contributed by atoms with Crippen LogP contribution in [0.25, 0.3) is 11.0 Å². The number of nitrogens with one attached hydrogen (secondary N) is 1. The topological polar surface area (TPSA) is 29.9 Å². The van der Waals surface area contributed by atoms with Gasteiger partial charge in [-0.25, -0.2) is 9.37 Å². The molecule has 0 spiro atoms. The Balaban J connectivity index is 2.37. The first-order chi connectivity index (χ1) is 8.13. The molecule has 0 aliphatic heterocycles. The van der Waals surface area contributed by atoms with Crippen LogP contribution < -0.4 is 5.32 Å². The van der Waals surface area contributed by atoms with Gasteiger partial charge in [0.25, 0.3) is 0 Å². The molecule has 1 aromatic carbocycles. The summed E-state index contributed by atoms with van der Waals surface area (Å²) in [6, 6.07) is 4.90. The van der Waals surface area contributed by atoms with Crippen molar-refractivity contribution in [3.05, 3.63) is 29.8 Å². The monoisotopic (exact) mass is 235 g/mol. The van der Waals surface area contributed by atoms with Crippen LogP contribution in [0.1, 0.15) is 32.1 Å². The molecule has 92 valence electrons. The van der Waals surface area contributed by atoms with Crippen LogP contribution in [-0.2, 0) is 7.05 Å². The van der Waals surface area contributed by atoms with Crippen molar-refractivity contribution in [2.75, 3.05) is 6.54 Å². The average Bonchev–Trinajstić information content (AvgIpc) is 2.63. The summed E-state index contributed by atoms with van der Waals surface area (Å²) in [6.07, 6.45) is 1.09. The molecule has 0 bridgehead atoms. The van der Waals surface area contributed by atoms with Crippen molar-refractivity contribution in [3.63, 3.8) is 0 Å². The Morgan fingerprint density at radius 2 is 2.24 bits per heavy atom. The molecule has 0 fully saturated rings. The highest BCUT2D eigenvalue weighted by Gasteiger charge is 2.13. The van der Waals surface area contributed by atoms with Crippen LogP contribution in [0.15, 0.2) is 18.2 Å². The highest BCUT2D eigenvalue weighted by Crippen LogP contribution is 2.20. The van der Waals surface area contributed by atoms with Gasteiger partial charge in [-0.05, 0) is 32.0 Å². The van der Waals surface area contributed by atoms with Crippen LogP contribution in [0.4, 0.5) is 4.39 Å². The number of aromatic nitrogens is 2. The van der Waals surface area contributed by atoms with E-state index in [2.05, 4.69) is 24.1 Å². The largest absolute Gasteiger partial charge is 0.330 e. The Labute approximate surface area is 101 Å². The number of halogens is 1. The van der Waals surface area contributed by atoms with Crippen molar-refractivity contribution in [1.29, 1.82) is 0 Å². The lowest BCUT2D eigenvalue weighted by molar-refractivity contribution is 0.532. The van der Waals surface area contributed by atoms with E-state index < -0.39 is 0 Å². The highest BCUT2D eigenvalue weighted by atomic mass is 19.1. The molecule has 0 saturated carbocycles. The molecule has 0 aliphatic rings. The van der Waals surface area contributed by atoms with Gasteiger partial charge in [0.1, 0.15) is 11.6 Å². The summed E-state index contributed by atoms with van der Waals surface area (Å²) in [5, 5.41) is 3.39. The van der Waals surface area contributed by atoms with Crippen LogP contribution in [0.3, 0.4) is 0 Å². The van der Waals surface area contributed by atoms with Crippen molar-refractivity contribution < 1.29 is 4.39 Å². The SMILES string of the molecule is CCCNC(C)c1nc2cc(F)ccc2n1C. The normalized spacial score (nSPS) is 13.2. The lowest BCUT2D eigenvalue weighted by Gasteiger charge is -2.12. The van der Waals surface area contributed by atoms with Gasteiger partial charge in [0.2, 0.25) is 0 Å². The zero-order valence-electron chi connectivity index (χ0n) is 10.5. The minimum Gasteiger partial charge on any atom is -0.330 e. The van der Waals surface area contributed by atoms with Gasteiger partial charge in [0.05, 0.1) is 17.1 Å². The second-order valence-electron chi connectivity index (χ2n) is 4.34. The number of rotatable bonds is 4. The van der Waals surface area contributed by atoms with Crippen LogP contribution in [0.5, 0.6) is 0 Å². The fraction of sp³-hybridized carbons (Fsp3) is 0.462. The van der Waals surface area contributed by atoms with Crippen molar-refractivity contribution in [2.45, 2.75) is 26.3 Å². The molecule has 0 amide bonds. The van der Waals surface area contributed by atoms with Gasteiger partial charge < -0.3 is 9.88 Å². The zero-order chi connectivity index (χ0) is 12.4. The maximum absolute atomic E-state index is 13.1. The van der Waals surface area contributed by atoms with E-state index in [1.54, 1.807) is 6.07 Å². The quantitative estimate of drug-likeness (QED) is 0.883. The Morgan fingerprint density at radius 3 is 2.94 bits per heavy atom. The number of hydrogen-bond donors (Lipinski definition) is 1. The van der Waals surface area contributed by atoms with Gasteiger partial charge in [-0.3, -0.25) is 0 Å². The summed E-state index contributed by atoms with van der Waals surface area (Å²) in [5.74, 6) is 0.704. The predicted octanol–water partition coefficient (Wildman–Crippen LogP) is 2.77. The lowest BCUT2D eigenvalue weighted by Crippen LogP contribution is -2.22. The van der Waals surface area contributed by atoms with Gasteiger partial charge in [-0.2, -0.15) is 0 Å². The molecule has 3 nitrogen and oxygen atoms in total. The molecule has 4 heteroatoms. The number of hydrogen-bond acceptors (Lipinski definition) is 2. The first-order valence-electron chi connectivity index (χ1n) is 5.98. The van der Waals surface area contributed by atoms with E-state index in [0.717, 1.165) is 24.3 Å². The summed E-state index contributed by atoms with van der Waals surface area (Å²) in [7, 11) is 1.96. The molecule has 1 aromatic heterocycles. The highest BCUT2D eigenvalue weighted by molar-refractivity contribution is 5.76. The Kier molecular flexibility index (Phi) is 3.43. The third-order valence-electron chi connectivity index (χ3n) is 2.97. The number of nitrogens with zero attached hydrogens (tertiary/aromatic N) is 2. The van der Waals surface area contributed by atoms with Gasteiger partial charge in [0, 0.05) is 13.1 Å². The van der Waals surface area contributed by atoms with E-state index in [4.69, 9.17) is 0 Å². The van der Waals surface area contributed by atoms with Gasteiger partial charge >= 0.3 is 0 Å². The van der Waals surface area contributed by atoms with Gasteiger partial charge in [-0.1, -0.05) is 6.92 Å². The first kappa shape index (κ1) is 12.0. The summed E-state index contributed by atoms with van der Waals surface area (Å²) in [4.78, 5) is 4.49. The predicted molar refractivity (Wildman–Crippen MR) is 67.4 cm³/mol. The summed E-state index contributed by atoms with van der Waals surface area (Å²) in [6.45, 7) is 5.16. The Hall–Kier alpha value is -1.42. The van der Waals surface area contributed by atoms with Crippen LogP contribution in [0, 0.1) is 5.82 Å². The van der Waals surface area contributed by atoms with Crippen LogP contribution in [0.2, 0.25) is 0 Å². The van der Waals surface area contributed by atoms with E-state index in [1.807, 2.05) is 11.6 Å². The molecule has 2 rings (SSSR count). The Bertz CT molecular complexity index is 519. The summed E-state index contributed by atoms with van der Waals surface area (Å²) >= 11 is 0. The Morgan fingerprint density at radius 1 is 1.47 bits per heavy atom. The van der Waals surface area contributed by atoms with E-state index in [-0.39, 0.29) is 11.9 Å². The van der Waals surface area contributed by atoms with E-state index in [9.17, 15) is 4.39 Å². The molecule has 0 aliphatic carbocycles. The molecule has 1 unspecified atom stereocenters. The minimum absolute atomic E-state index is 0.176. The molecule has 1 heterocycles. The van der Waals surface area contributed by atoms with Crippen molar-refractivity contribution in [1.82, 2.24) is 14.9 Å². The summed E-state index contributed by atoms with van der Waals surface area (Å²) in [5.41, 5.74) is 1.68. The minimum atomic E-state index is -0.240. The maximum atomic E-state index is 13.1. The van der Waals surface area contributed by atoms with Crippen LogP contribution >= 0.6 is 0 Å². The number of benzene rings is 1. The lowest BCUT2D eigenvalue weighted by atomic mass is 10.3. The van der Waals surface area contributed by atoms with Gasteiger partial charge in [-0.15, -0.1) is 0 Å². The average molecular weight is 235 g/mol. The van der Waals surface area contributed by atoms with E-state index in [1.165, 1.54) is 12.1 Å². The zero-order valence-corrected chi connectivity index (χ0v) is 10.5. The van der Waals surface area contributed by atoms with Crippen molar-refractivity contribution in [3.8, 4) is 0 Å². The molecular weight excluding hydrogens is 217 g/mol. The smallest absolute Gasteiger partial charge is 0.126 e. The fourth-order valence-corrected chi connectivity index (χ4v) is 2.03. The fourth-order valence-electron chi connectivity index (χ4n) is 2.03. The molecule has 0 radical (unpaired) electrons. The maximum Gasteiger partial charge on any atom is 0.126 e. The third kappa shape index (κ3) is 2.31. The second-order valence-corrected chi connectivity index (χ2v) is 4.34. The second kappa shape index (κ2) is 4.84. The molecule has 2 aromatic rings.